The highest BCUT2D eigenvalue weighted by atomic mass is 14.9. The van der Waals surface area contributed by atoms with E-state index in [1.54, 1.807) is 0 Å². The van der Waals surface area contributed by atoms with Crippen LogP contribution in [0.3, 0.4) is 0 Å². The molecule has 0 fully saturated rings. The molecule has 4 nitrogen and oxygen atoms in total. The smallest absolute Gasteiger partial charge is 0.142 e. The molecule has 90 valence electrons. The van der Waals surface area contributed by atoms with Crippen LogP contribution in [-0.4, -0.2) is 9.55 Å². The summed E-state index contributed by atoms with van der Waals surface area (Å²) in [5.41, 5.74) is 10.7. The van der Waals surface area contributed by atoms with Gasteiger partial charge < -0.3 is 10.3 Å². The normalized spacial score (nSPS) is 13.3. The van der Waals surface area contributed by atoms with Gasteiger partial charge in [0.1, 0.15) is 17.5 Å². The fourth-order valence-corrected chi connectivity index (χ4v) is 2.72. The number of anilines is 1. The van der Waals surface area contributed by atoms with Crippen LogP contribution >= 0.6 is 0 Å². The lowest BCUT2D eigenvalue weighted by molar-refractivity contribution is 0.898. The second kappa shape index (κ2) is 3.88. The van der Waals surface area contributed by atoms with E-state index in [1.807, 2.05) is 29.9 Å². The summed E-state index contributed by atoms with van der Waals surface area (Å²) in [6, 6.07) is 6.21. The maximum atomic E-state index is 9.34. The molecule has 2 aromatic heterocycles. The number of aryl methyl sites for hydroxylation is 2. The molecule has 0 spiro atoms. The third kappa shape index (κ3) is 1.41. The minimum atomic E-state index is 0.356. The Kier molecular flexibility index (Phi) is 2.34. The summed E-state index contributed by atoms with van der Waals surface area (Å²) >= 11 is 0. The van der Waals surface area contributed by atoms with Gasteiger partial charge in [-0.2, -0.15) is 5.26 Å². The van der Waals surface area contributed by atoms with Crippen molar-refractivity contribution in [3.8, 4) is 17.3 Å². The Balaban J connectivity index is 2.37. The molecule has 0 atom stereocenters. The fraction of sp³-hybridized carbons (Fsp3) is 0.286. The molecule has 0 saturated carbocycles. The van der Waals surface area contributed by atoms with Gasteiger partial charge in [-0.3, -0.25) is 0 Å². The largest absolute Gasteiger partial charge is 0.383 e. The van der Waals surface area contributed by atoms with E-state index in [1.165, 1.54) is 5.56 Å². The van der Waals surface area contributed by atoms with E-state index in [9.17, 15) is 5.26 Å². The van der Waals surface area contributed by atoms with Gasteiger partial charge in [-0.15, -0.1) is 0 Å². The number of nitriles is 1. The van der Waals surface area contributed by atoms with E-state index in [-0.39, 0.29) is 0 Å². The predicted molar refractivity (Wildman–Crippen MR) is 69.8 cm³/mol. The van der Waals surface area contributed by atoms with Crippen molar-refractivity contribution in [1.82, 2.24) is 9.55 Å². The van der Waals surface area contributed by atoms with E-state index in [4.69, 9.17) is 5.73 Å². The minimum absolute atomic E-state index is 0.356. The van der Waals surface area contributed by atoms with Crippen LogP contribution in [0.25, 0.3) is 11.3 Å². The lowest BCUT2D eigenvalue weighted by Gasteiger charge is -2.13. The summed E-state index contributed by atoms with van der Waals surface area (Å²) in [6.45, 7) is 0. The van der Waals surface area contributed by atoms with Gasteiger partial charge in [0.25, 0.3) is 0 Å². The second-order valence-electron chi connectivity index (χ2n) is 4.64. The van der Waals surface area contributed by atoms with Gasteiger partial charge in [0, 0.05) is 30.2 Å². The van der Waals surface area contributed by atoms with Crippen LogP contribution in [0.1, 0.15) is 23.2 Å². The number of nitrogens with two attached hydrogens (primary N) is 1. The topological polar surface area (TPSA) is 67.6 Å². The number of nitrogen functional groups attached to an aromatic ring is 1. The molecule has 18 heavy (non-hydrogen) atoms. The van der Waals surface area contributed by atoms with Crippen LogP contribution in [0.4, 0.5) is 5.82 Å². The zero-order chi connectivity index (χ0) is 12.7. The molecule has 1 aliphatic rings. The van der Waals surface area contributed by atoms with Crippen molar-refractivity contribution in [1.29, 1.82) is 5.26 Å². The standard InChI is InChI=1S/C14H14N4/c1-18-7-3-6-12(18)13-9-4-2-5-11(9)17-14(16)10(13)8-15/h3,6-7H,2,4-5H2,1H3,(H2,16,17). The van der Waals surface area contributed by atoms with Crippen LogP contribution in [0.15, 0.2) is 18.3 Å². The molecule has 2 N–H and O–H groups in total. The number of pyridine rings is 1. The maximum absolute atomic E-state index is 9.34. The third-order valence-corrected chi connectivity index (χ3v) is 3.56. The van der Waals surface area contributed by atoms with Crippen molar-refractivity contribution in [2.24, 2.45) is 7.05 Å². The van der Waals surface area contributed by atoms with Crippen LogP contribution in [0.5, 0.6) is 0 Å². The zero-order valence-electron chi connectivity index (χ0n) is 10.3. The minimum Gasteiger partial charge on any atom is -0.383 e. The van der Waals surface area contributed by atoms with Gasteiger partial charge in [-0.05, 0) is 37.0 Å². The SMILES string of the molecule is Cn1cccc1-c1c(C#N)c(N)nc2c1CCC2. The Bertz CT molecular complexity index is 660. The van der Waals surface area contributed by atoms with Crippen molar-refractivity contribution in [3.63, 3.8) is 0 Å². The Morgan fingerprint density at radius 1 is 1.44 bits per heavy atom. The van der Waals surface area contributed by atoms with Crippen LogP contribution in [0.2, 0.25) is 0 Å². The maximum Gasteiger partial charge on any atom is 0.142 e. The molecule has 4 heteroatoms. The van der Waals surface area contributed by atoms with Crippen LogP contribution in [-0.2, 0) is 19.9 Å². The van der Waals surface area contributed by atoms with E-state index < -0.39 is 0 Å². The van der Waals surface area contributed by atoms with Gasteiger partial charge in [-0.1, -0.05) is 0 Å². The van der Waals surface area contributed by atoms with E-state index in [0.29, 0.717) is 11.4 Å². The first kappa shape index (κ1) is 10.8. The fourth-order valence-electron chi connectivity index (χ4n) is 2.72. The van der Waals surface area contributed by atoms with E-state index in [2.05, 4.69) is 11.1 Å². The molecule has 0 aromatic carbocycles. The summed E-state index contributed by atoms with van der Waals surface area (Å²) < 4.78 is 2.02. The molecular weight excluding hydrogens is 224 g/mol. The second-order valence-corrected chi connectivity index (χ2v) is 4.64. The summed E-state index contributed by atoms with van der Waals surface area (Å²) in [5.74, 6) is 0.356. The number of hydrogen-bond donors (Lipinski definition) is 1. The van der Waals surface area contributed by atoms with Gasteiger partial charge in [-0.25, -0.2) is 4.98 Å². The first-order chi connectivity index (χ1) is 8.72. The number of hydrogen-bond acceptors (Lipinski definition) is 3. The molecule has 2 aromatic rings. The molecule has 0 aliphatic heterocycles. The van der Waals surface area contributed by atoms with Crippen molar-refractivity contribution in [2.75, 3.05) is 5.73 Å². The van der Waals surface area contributed by atoms with E-state index >= 15 is 0 Å². The first-order valence-electron chi connectivity index (χ1n) is 6.05. The number of nitrogens with zero attached hydrogens (tertiary/aromatic N) is 3. The van der Waals surface area contributed by atoms with Crippen LogP contribution < -0.4 is 5.73 Å². The molecule has 2 heterocycles. The zero-order valence-corrected chi connectivity index (χ0v) is 10.3. The van der Waals surface area contributed by atoms with E-state index in [0.717, 1.165) is 36.2 Å². The van der Waals surface area contributed by atoms with Crippen molar-refractivity contribution in [2.45, 2.75) is 19.3 Å². The summed E-state index contributed by atoms with van der Waals surface area (Å²) in [4.78, 5) is 4.37. The lowest BCUT2D eigenvalue weighted by Crippen LogP contribution is -2.05. The van der Waals surface area contributed by atoms with Crippen molar-refractivity contribution >= 4 is 5.82 Å². The quantitative estimate of drug-likeness (QED) is 0.826. The summed E-state index contributed by atoms with van der Waals surface area (Å²) in [5, 5.41) is 9.34. The third-order valence-electron chi connectivity index (χ3n) is 3.56. The molecule has 1 aliphatic carbocycles. The number of fused-ring (bicyclic) bond motifs is 1. The van der Waals surface area contributed by atoms with Crippen molar-refractivity contribution < 1.29 is 0 Å². The molecule has 0 radical (unpaired) electrons. The molecule has 0 bridgehead atoms. The first-order valence-corrected chi connectivity index (χ1v) is 6.05. The average molecular weight is 238 g/mol. The molecule has 0 unspecified atom stereocenters. The average Bonchev–Trinajstić information content (AvgIpc) is 2.96. The molecule has 0 saturated heterocycles. The monoisotopic (exact) mass is 238 g/mol. The molecular formula is C14H14N4. The van der Waals surface area contributed by atoms with Crippen molar-refractivity contribution in [3.05, 3.63) is 35.2 Å². The highest BCUT2D eigenvalue weighted by Gasteiger charge is 2.23. The van der Waals surface area contributed by atoms with Crippen LogP contribution in [0, 0.1) is 11.3 Å². The van der Waals surface area contributed by atoms with Gasteiger partial charge >= 0.3 is 0 Å². The highest BCUT2D eigenvalue weighted by Crippen LogP contribution is 2.36. The summed E-state index contributed by atoms with van der Waals surface area (Å²) in [7, 11) is 1.98. The Morgan fingerprint density at radius 2 is 2.28 bits per heavy atom. The number of rotatable bonds is 1. The number of aromatic nitrogens is 2. The summed E-state index contributed by atoms with van der Waals surface area (Å²) in [6.07, 6.45) is 5.02. The molecule has 3 rings (SSSR count). The highest BCUT2D eigenvalue weighted by molar-refractivity contribution is 5.78. The predicted octanol–water partition coefficient (Wildman–Crippen LogP) is 2.03. The van der Waals surface area contributed by atoms with Gasteiger partial charge in [0.15, 0.2) is 0 Å². The lowest BCUT2D eigenvalue weighted by atomic mass is 9.99. The Labute approximate surface area is 106 Å². The Hall–Kier alpha value is -2.28. The van der Waals surface area contributed by atoms with Gasteiger partial charge in [0.2, 0.25) is 0 Å². The van der Waals surface area contributed by atoms with Gasteiger partial charge in [0.05, 0.1) is 0 Å². The Morgan fingerprint density at radius 3 is 2.94 bits per heavy atom. The molecule has 0 amide bonds.